The van der Waals surface area contributed by atoms with Gasteiger partial charge in [0.15, 0.2) is 0 Å². The van der Waals surface area contributed by atoms with Crippen LogP contribution in [0, 0.1) is 6.92 Å². The Balaban J connectivity index is 1.69. The number of hydrogen-bond donors (Lipinski definition) is 2. The summed E-state index contributed by atoms with van der Waals surface area (Å²) >= 11 is 0. The molecule has 2 N–H and O–H groups in total. The molecule has 2 heterocycles. The van der Waals surface area contributed by atoms with E-state index in [1.54, 1.807) is 18.0 Å². The van der Waals surface area contributed by atoms with Crippen molar-refractivity contribution >= 4 is 12.0 Å². The highest BCUT2D eigenvalue weighted by atomic mass is 16.4. The van der Waals surface area contributed by atoms with Crippen molar-refractivity contribution < 1.29 is 19.1 Å². The van der Waals surface area contributed by atoms with Gasteiger partial charge in [0, 0.05) is 32.7 Å². The summed E-state index contributed by atoms with van der Waals surface area (Å²) in [7, 11) is 0. The second kappa shape index (κ2) is 7.07. The van der Waals surface area contributed by atoms with Crippen molar-refractivity contribution in [2.24, 2.45) is 0 Å². The number of rotatable bonds is 5. The third-order valence-electron chi connectivity index (χ3n) is 3.36. The van der Waals surface area contributed by atoms with Gasteiger partial charge in [0.25, 0.3) is 0 Å². The molecule has 8 heteroatoms. The van der Waals surface area contributed by atoms with Gasteiger partial charge >= 0.3 is 12.0 Å². The molecule has 1 saturated heterocycles. The molecule has 8 nitrogen and oxygen atoms in total. The largest absolute Gasteiger partial charge is 0.481 e. The average Bonchev–Trinajstić information content (AvgIpc) is 2.89. The Kier molecular flexibility index (Phi) is 5.15. The fourth-order valence-electron chi connectivity index (χ4n) is 2.17. The Labute approximate surface area is 122 Å². The number of oxazole rings is 1. The number of nitrogens with one attached hydrogen (secondary N) is 1. The van der Waals surface area contributed by atoms with Crippen LogP contribution in [0.1, 0.15) is 18.1 Å². The van der Waals surface area contributed by atoms with Crippen molar-refractivity contribution in [1.82, 2.24) is 20.1 Å². The molecule has 1 aliphatic heterocycles. The number of urea groups is 1. The predicted molar refractivity (Wildman–Crippen MR) is 73.7 cm³/mol. The van der Waals surface area contributed by atoms with Gasteiger partial charge in [0.2, 0.25) is 5.89 Å². The van der Waals surface area contributed by atoms with E-state index in [0.29, 0.717) is 44.4 Å². The molecular weight excluding hydrogens is 276 g/mol. The minimum atomic E-state index is -0.795. The lowest BCUT2D eigenvalue weighted by molar-refractivity contribution is -0.137. The van der Waals surface area contributed by atoms with Crippen LogP contribution in [0.3, 0.4) is 0 Å². The molecule has 0 saturated carbocycles. The lowest BCUT2D eigenvalue weighted by atomic mass is 10.3. The number of carbonyl (C=O) groups excluding carboxylic acids is 1. The molecule has 0 unspecified atom stereocenters. The fraction of sp³-hybridized carbons (Fsp3) is 0.615. The Morgan fingerprint density at radius 2 is 2.10 bits per heavy atom. The second-order valence-corrected chi connectivity index (χ2v) is 5.00. The summed E-state index contributed by atoms with van der Waals surface area (Å²) < 4.78 is 5.28. The van der Waals surface area contributed by atoms with Crippen LogP contribution in [0.15, 0.2) is 10.6 Å². The monoisotopic (exact) mass is 296 g/mol. The van der Waals surface area contributed by atoms with Crippen molar-refractivity contribution in [1.29, 1.82) is 0 Å². The minimum absolute atomic E-state index is 0.135. The highest BCUT2D eigenvalue weighted by Gasteiger charge is 2.21. The third kappa shape index (κ3) is 4.75. The maximum absolute atomic E-state index is 12.0. The zero-order valence-corrected chi connectivity index (χ0v) is 12.0. The first-order valence-electron chi connectivity index (χ1n) is 6.93. The fourth-order valence-corrected chi connectivity index (χ4v) is 2.17. The van der Waals surface area contributed by atoms with Gasteiger partial charge in [-0.15, -0.1) is 0 Å². The number of aromatic nitrogens is 1. The van der Waals surface area contributed by atoms with E-state index in [4.69, 9.17) is 9.52 Å². The Morgan fingerprint density at radius 3 is 2.67 bits per heavy atom. The van der Waals surface area contributed by atoms with Crippen molar-refractivity contribution in [3.8, 4) is 0 Å². The van der Waals surface area contributed by atoms with Crippen LogP contribution in [0.2, 0.25) is 0 Å². The molecule has 0 aromatic carbocycles. The van der Waals surface area contributed by atoms with Gasteiger partial charge in [0.05, 0.1) is 19.2 Å². The summed E-state index contributed by atoms with van der Waals surface area (Å²) in [6, 6.07) is -0.149. The number of aryl methyl sites for hydroxylation is 1. The molecule has 0 bridgehead atoms. The smallest absolute Gasteiger partial charge is 0.317 e. The van der Waals surface area contributed by atoms with Gasteiger partial charge in [-0.25, -0.2) is 9.78 Å². The quantitative estimate of drug-likeness (QED) is 0.810. The Hall–Kier alpha value is -2.09. The van der Waals surface area contributed by atoms with E-state index >= 15 is 0 Å². The van der Waals surface area contributed by atoms with Crippen LogP contribution in [-0.2, 0) is 11.3 Å². The molecule has 2 amide bonds. The molecule has 116 valence electrons. The average molecular weight is 296 g/mol. The molecule has 2 rings (SSSR count). The maximum atomic E-state index is 12.0. The SMILES string of the molecule is Cc1cnc(CNC(=O)N2CCN(CCC(=O)O)CC2)o1. The van der Waals surface area contributed by atoms with E-state index < -0.39 is 5.97 Å². The molecule has 0 radical (unpaired) electrons. The number of carbonyl (C=O) groups is 2. The van der Waals surface area contributed by atoms with Gasteiger partial charge in [-0.2, -0.15) is 0 Å². The van der Waals surface area contributed by atoms with Gasteiger partial charge in [-0.3, -0.25) is 9.69 Å². The first-order valence-corrected chi connectivity index (χ1v) is 6.93. The molecule has 1 aromatic rings. The van der Waals surface area contributed by atoms with Crippen LogP contribution in [0.25, 0.3) is 0 Å². The molecular formula is C13H20N4O4. The Morgan fingerprint density at radius 1 is 1.38 bits per heavy atom. The molecule has 0 spiro atoms. The van der Waals surface area contributed by atoms with Crippen molar-refractivity contribution in [3.05, 3.63) is 17.8 Å². The van der Waals surface area contributed by atoms with E-state index in [2.05, 4.69) is 15.2 Å². The number of aliphatic carboxylic acids is 1. The van der Waals surface area contributed by atoms with Crippen molar-refractivity contribution in [2.45, 2.75) is 19.9 Å². The van der Waals surface area contributed by atoms with Crippen LogP contribution >= 0.6 is 0 Å². The highest BCUT2D eigenvalue weighted by molar-refractivity contribution is 5.74. The summed E-state index contributed by atoms with van der Waals surface area (Å²) in [5.74, 6) is 0.406. The normalized spacial score (nSPS) is 16.0. The first kappa shape index (κ1) is 15.3. The molecule has 21 heavy (non-hydrogen) atoms. The molecule has 0 atom stereocenters. The van der Waals surface area contributed by atoms with E-state index in [0.717, 1.165) is 0 Å². The van der Waals surface area contributed by atoms with Gasteiger partial charge in [0.1, 0.15) is 5.76 Å². The van der Waals surface area contributed by atoms with Crippen molar-refractivity contribution in [2.75, 3.05) is 32.7 Å². The number of carboxylic acids is 1. The molecule has 1 aliphatic rings. The number of carboxylic acid groups (broad SMARTS) is 1. The predicted octanol–water partition coefficient (Wildman–Crippen LogP) is 0.285. The summed E-state index contributed by atoms with van der Waals surface area (Å²) in [4.78, 5) is 30.3. The molecule has 0 aliphatic carbocycles. The summed E-state index contributed by atoms with van der Waals surface area (Å²) in [6.45, 7) is 5.17. The summed E-state index contributed by atoms with van der Waals surface area (Å²) in [5.41, 5.74) is 0. The number of piperazine rings is 1. The molecule has 1 fully saturated rings. The Bertz CT molecular complexity index is 494. The van der Waals surface area contributed by atoms with Gasteiger partial charge in [-0.1, -0.05) is 0 Å². The highest BCUT2D eigenvalue weighted by Crippen LogP contribution is 2.04. The van der Waals surface area contributed by atoms with Crippen molar-refractivity contribution in [3.63, 3.8) is 0 Å². The number of nitrogens with zero attached hydrogens (tertiary/aromatic N) is 3. The lowest BCUT2D eigenvalue weighted by Crippen LogP contribution is -2.51. The van der Waals surface area contributed by atoms with E-state index in [-0.39, 0.29) is 19.0 Å². The second-order valence-electron chi connectivity index (χ2n) is 5.00. The maximum Gasteiger partial charge on any atom is 0.317 e. The summed E-state index contributed by atoms with van der Waals surface area (Å²) in [5, 5.41) is 11.4. The van der Waals surface area contributed by atoms with Gasteiger partial charge < -0.3 is 19.7 Å². The zero-order chi connectivity index (χ0) is 15.2. The number of amides is 2. The number of hydrogen-bond acceptors (Lipinski definition) is 5. The van der Waals surface area contributed by atoms with E-state index in [9.17, 15) is 9.59 Å². The van der Waals surface area contributed by atoms with E-state index in [1.807, 2.05) is 0 Å². The standard InChI is InChI=1S/C13H20N4O4/c1-10-8-14-11(21-10)9-15-13(20)17-6-4-16(5-7-17)3-2-12(18)19/h8H,2-7,9H2,1H3,(H,15,20)(H,18,19). The zero-order valence-electron chi connectivity index (χ0n) is 12.0. The van der Waals surface area contributed by atoms with Crippen LogP contribution in [0.4, 0.5) is 4.79 Å². The lowest BCUT2D eigenvalue weighted by Gasteiger charge is -2.34. The van der Waals surface area contributed by atoms with Crippen LogP contribution < -0.4 is 5.32 Å². The third-order valence-corrected chi connectivity index (χ3v) is 3.36. The topological polar surface area (TPSA) is 98.9 Å². The minimum Gasteiger partial charge on any atom is -0.481 e. The van der Waals surface area contributed by atoms with Crippen LogP contribution in [-0.4, -0.2) is 64.6 Å². The molecule has 1 aromatic heterocycles. The van der Waals surface area contributed by atoms with Crippen LogP contribution in [0.5, 0.6) is 0 Å². The van der Waals surface area contributed by atoms with E-state index in [1.165, 1.54) is 0 Å². The first-order chi connectivity index (χ1) is 10.0. The van der Waals surface area contributed by atoms with Gasteiger partial charge in [-0.05, 0) is 6.92 Å². The summed E-state index contributed by atoms with van der Waals surface area (Å²) in [6.07, 6.45) is 1.75.